The van der Waals surface area contributed by atoms with Gasteiger partial charge in [-0.1, -0.05) is 6.92 Å². The first-order valence-corrected chi connectivity index (χ1v) is 8.39. The van der Waals surface area contributed by atoms with Crippen LogP contribution in [0.5, 0.6) is 5.75 Å². The van der Waals surface area contributed by atoms with Crippen molar-refractivity contribution in [3.63, 3.8) is 0 Å². The molecule has 1 N–H and O–H groups in total. The van der Waals surface area contributed by atoms with E-state index in [1.807, 2.05) is 7.05 Å². The molecule has 0 fully saturated rings. The van der Waals surface area contributed by atoms with Gasteiger partial charge in [-0.05, 0) is 39.4 Å². The maximum absolute atomic E-state index is 5.50. The van der Waals surface area contributed by atoms with Crippen molar-refractivity contribution in [2.75, 3.05) is 30.9 Å². The average Bonchev–Trinajstić information content (AvgIpc) is 2.89. The summed E-state index contributed by atoms with van der Waals surface area (Å²) in [5.74, 6) is 2.21. The molecule has 0 saturated carbocycles. The molecule has 5 nitrogen and oxygen atoms in total. The lowest BCUT2D eigenvalue weighted by molar-refractivity contribution is 0.412. The summed E-state index contributed by atoms with van der Waals surface area (Å²) in [4.78, 5) is 10.7. The van der Waals surface area contributed by atoms with E-state index in [4.69, 9.17) is 4.74 Å². The molecule has 0 atom stereocenters. The number of halogens is 1. The van der Waals surface area contributed by atoms with Gasteiger partial charge < -0.3 is 15.0 Å². The third-order valence-electron chi connectivity index (χ3n) is 2.93. The molecular weight excluding hydrogens is 352 g/mol. The van der Waals surface area contributed by atoms with E-state index in [9.17, 15) is 0 Å². The van der Waals surface area contributed by atoms with Gasteiger partial charge in [0.05, 0.1) is 10.9 Å². The van der Waals surface area contributed by atoms with Crippen molar-refractivity contribution >= 4 is 38.9 Å². The van der Waals surface area contributed by atoms with Gasteiger partial charge in [-0.2, -0.15) is 0 Å². The smallest absolute Gasteiger partial charge is 0.204 e. The lowest BCUT2D eigenvalue weighted by atomic mass is 10.3. The van der Waals surface area contributed by atoms with E-state index in [-0.39, 0.29) is 0 Å². The van der Waals surface area contributed by atoms with E-state index in [0.29, 0.717) is 5.75 Å². The largest absolute Gasteiger partial charge is 0.490 e. The highest BCUT2D eigenvalue weighted by atomic mass is 79.9. The Hall–Kier alpha value is -1.34. The zero-order valence-corrected chi connectivity index (χ0v) is 14.8. The molecule has 0 bridgehead atoms. The molecule has 2 aromatic heterocycles. The number of hydrogen-bond acceptors (Lipinski definition) is 6. The van der Waals surface area contributed by atoms with Crippen LogP contribution >= 0.6 is 27.3 Å². The number of rotatable bonds is 7. The zero-order chi connectivity index (χ0) is 15.2. The van der Waals surface area contributed by atoms with Gasteiger partial charge in [-0.25, -0.2) is 9.97 Å². The van der Waals surface area contributed by atoms with E-state index in [2.05, 4.69) is 54.5 Å². The monoisotopic (exact) mass is 370 g/mol. The van der Waals surface area contributed by atoms with Gasteiger partial charge in [-0.15, -0.1) is 11.3 Å². The van der Waals surface area contributed by atoms with Crippen LogP contribution in [0.25, 0.3) is 0 Å². The standard InChI is InChI=1S/C14H19BrN4OS/c1-4-5-16-13-12(20-3)14(18-9-17-13)19(2)7-10-6-11(15)21-8-10/h6,8-9H,4-5,7H2,1-3H3,(H,16,17,18). The molecule has 0 saturated heterocycles. The van der Waals surface area contributed by atoms with Crippen molar-refractivity contribution in [3.8, 4) is 5.75 Å². The SMILES string of the molecule is CCCNc1ncnc(N(C)Cc2csc(Br)c2)c1OC. The average molecular weight is 371 g/mol. The zero-order valence-electron chi connectivity index (χ0n) is 12.4. The van der Waals surface area contributed by atoms with Crippen molar-refractivity contribution < 1.29 is 4.74 Å². The summed E-state index contributed by atoms with van der Waals surface area (Å²) in [5.41, 5.74) is 1.23. The Labute approximate surface area is 137 Å². The van der Waals surface area contributed by atoms with Crippen LogP contribution in [0.15, 0.2) is 21.6 Å². The molecule has 114 valence electrons. The summed E-state index contributed by atoms with van der Waals surface area (Å²) in [5, 5.41) is 5.40. The molecule has 0 radical (unpaired) electrons. The van der Waals surface area contributed by atoms with Crippen LogP contribution in [0.2, 0.25) is 0 Å². The Morgan fingerprint density at radius 3 is 2.86 bits per heavy atom. The first-order chi connectivity index (χ1) is 10.2. The van der Waals surface area contributed by atoms with Crippen LogP contribution in [-0.4, -0.2) is 30.7 Å². The summed E-state index contributed by atoms with van der Waals surface area (Å²) in [6, 6.07) is 2.12. The number of aromatic nitrogens is 2. The molecule has 2 heterocycles. The van der Waals surface area contributed by atoms with Crippen molar-refractivity contribution in [2.24, 2.45) is 0 Å². The van der Waals surface area contributed by atoms with Gasteiger partial charge in [-0.3, -0.25) is 0 Å². The summed E-state index contributed by atoms with van der Waals surface area (Å²) in [7, 11) is 3.65. The van der Waals surface area contributed by atoms with E-state index >= 15 is 0 Å². The van der Waals surface area contributed by atoms with Crippen LogP contribution in [0.3, 0.4) is 0 Å². The minimum atomic E-state index is 0.683. The van der Waals surface area contributed by atoms with E-state index in [0.717, 1.165) is 34.9 Å². The quantitative estimate of drug-likeness (QED) is 0.803. The number of nitrogens with zero attached hydrogens (tertiary/aromatic N) is 3. The van der Waals surface area contributed by atoms with Crippen LogP contribution in [0.1, 0.15) is 18.9 Å². The molecular formula is C14H19BrN4OS. The van der Waals surface area contributed by atoms with Gasteiger partial charge in [0.2, 0.25) is 5.75 Å². The molecule has 0 aliphatic carbocycles. The molecule has 0 aliphatic heterocycles. The van der Waals surface area contributed by atoms with Gasteiger partial charge >= 0.3 is 0 Å². The fourth-order valence-corrected chi connectivity index (χ4v) is 3.17. The van der Waals surface area contributed by atoms with Crippen LogP contribution < -0.4 is 15.0 Å². The summed E-state index contributed by atoms with van der Waals surface area (Å²) in [6.07, 6.45) is 2.59. The minimum absolute atomic E-state index is 0.683. The molecule has 0 aromatic carbocycles. The van der Waals surface area contributed by atoms with Crippen molar-refractivity contribution in [2.45, 2.75) is 19.9 Å². The number of thiophene rings is 1. The fraction of sp³-hybridized carbons (Fsp3) is 0.429. The lowest BCUT2D eigenvalue weighted by Gasteiger charge is -2.21. The molecule has 2 rings (SSSR count). The molecule has 0 amide bonds. The molecule has 7 heteroatoms. The number of hydrogen-bond donors (Lipinski definition) is 1. The minimum Gasteiger partial charge on any atom is -0.490 e. The second-order valence-corrected chi connectivity index (χ2v) is 6.91. The topological polar surface area (TPSA) is 50.3 Å². The maximum atomic E-state index is 5.50. The van der Waals surface area contributed by atoms with Crippen LogP contribution in [-0.2, 0) is 6.54 Å². The Bertz CT molecular complexity index is 590. The Morgan fingerprint density at radius 1 is 1.43 bits per heavy atom. The van der Waals surface area contributed by atoms with Gasteiger partial charge in [0.1, 0.15) is 6.33 Å². The highest BCUT2D eigenvalue weighted by molar-refractivity contribution is 9.11. The predicted octanol–water partition coefficient (Wildman–Crippen LogP) is 3.77. The third-order valence-corrected chi connectivity index (χ3v) is 4.49. The van der Waals surface area contributed by atoms with E-state index in [1.54, 1.807) is 24.8 Å². The van der Waals surface area contributed by atoms with E-state index in [1.165, 1.54) is 5.56 Å². The number of ether oxygens (including phenoxy) is 1. The van der Waals surface area contributed by atoms with Crippen molar-refractivity contribution in [1.82, 2.24) is 9.97 Å². The second-order valence-electron chi connectivity index (χ2n) is 4.62. The summed E-state index contributed by atoms with van der Waals surface area (Å²) >= 11 is 5.17. The Morgan fingerprint density at radius 2 is 2.24 bits per heavy atom. The number of methoxy groups -OCH3 is 1. The number of anilines is 2. The highest BCUT2D eigenvalue weighted by Crippen LogP contribution is 2.32. The predicted molar refractivity (Wildman–Crippen MR) is 91.5 cm³/mol. The van der Waals surface area contributed by atoms with Gasteiger partial charge in [0, 0.05) is 20.1 Å². The summed E-state index contributed by atoms with van der Waals surface area (Å²) in [6.45, 7) is 3.73. The third kappa shape index (κ3) is 4.07. The first kappa shape index (κ1) is 16.0. The maximum Gasteiger partial charge on any atom is 0.204 e. The molecule has 2 aromatic rings. The van der Waals surface area contributed by atoms with Crippen LogP contribution in [0.4, 0.5) is 11.6 Å². The van der Waals surface area contributed by atoms with Crippen molar-refractivity contribution in [1.29, 1.82) is 0 Å². The van der Waals surface area contributed by atoms with Crippen LogP contribution in [0, 0.1) is 0 Å². The lowest BCUT2D eigenvalue weighted by Crippen LogP contribution is -2.19. The molecule has 0 spiro atoms. The highest BCUT2D eigenvalue weighted by Gasteiger charge is 2.16. The van der Waals surface area contributed by atoms with Gasteiger partial charge in [0.25, 0.3) is 0 Å². The normalized spacial score (nSPS) is 10.5. The van der Waals surface area contributed by atoms with E-state index < -0.39 is 0 Å². The van der Waals surface area contributed by atoms with Crippen molar-refractivity contribution in [3.05, 3.63) is 27.1 Å². The Kier molecular flexibility index (Phi) is 5.81. The second kappa shape index (κ2) is 7.61. The fourth-order valence-electron chi connectivity index (χ4n) is 1.97. The molecule has 0 unspecified atom stereocenters. The first-order valence-electron chi connectivity index (χ1n) is 6.72. The molecule has 21 heavy (non-hydrogen) atoms. The summed E-state index contributed by atoms with van der Waals surface area (Å²) < 4.78 is 6.63. The molecule has 0 aliphatic rings. The number of nitrogens with one attached hydrogen (secondary N) is 1. The Balaban J connectivity index is 2.21. The van der Waals surface area contributed by atoms with Gasteiger partial charge in [0.15, 0.2) is 11.6 Å².